The molecule has 0 aliphatic heterocycles. The van der Waals surface area contributed by atoms with Crippen molar-refractivity contribution in [2.75, 3.05) is 6.54 Å². The Hall–Kier alpha value is -3.39. The molecule has 7 nitrogen and oxygen atoms in total. The Bertz CT molecular complexity index is 1140. The predicted molar refractivity (Wildman–Crippen MR) is 104 cm³/mol. The van der Waals surface area contributed by atoms with E-state index < -0.39 is 35.9 Å². The number of hydrogen-bond acceptors (Lipinski definition) is 4. The van der Waals surface area contributed by atoms with Crippen LogP contribution in [0.5, 0.6) is 5.75 Å². The number of phenolic OH excluding ortho intramolecular Hbond substituents is 1. The fourth-order valence-corrected chi connectivity index (χ4v) is 3.25. The SMILES string of the molecule is Cc1c(CC(=O)NCC(=O)O)c2c(F)c(O)ccc2n1C(=O)c1ccc(Cl)cc1. The Labute approximate surface area is 169 Å². The first-order valence-electron chi connectivity index (χ1n) is 8.50. The van der Waals surface area contributed by atoms with E-state index in [1.54, 1.807) is 19.1 Å². The zero-order valence-electron chi connectivity index (χ0n) is 15.2. The number of carboxylic acid groups (broad SMARTS) is 1. The summed E-state index contributed by atoms with van der Waals surface area (Å²) >= 11 is 5.86. The first-order chi connectivity index (χ1) is 13.7. The third-order valence-corrected chi connectivity index (χ3v) is 4.73. The Balaban J connectivity index is 2.14. The van der Waals surface area contributed by atoms with E-state index in [0.717, 1.165) is 6.07 Å². The molecule has 3 aromatic rings. The molecule has 29 heavy (non-hydrogen) atoms. The number of aliphatic carboxylic acids is 1. The summed E-state index contributed by atoms with van der Waals surface area (Å²) in [4.78, 5) is 35.8. The van der Waals surface area contributed by atoms with E-state index in [2.05, 4.69) is 5.32 Å². The number of aromatic nitrogens is 1. The summed E-state index contributed by atoms with van der Waals surface area (Å²) in [7, 11) is 0. The van der Waals surface area contributed by atoms with Crippen LogP contribution in [0, 0.1) is 12.7 Å². The monoisotopic (exact) mass is 418 g/mol. The highest BCUT2D eigenvalue weighted by molar-refractivity contribution is 6.30. The molecule has 1 aromatic heterocycles. The van der Waals surface area contributed by atoms with Gasteiger partial charge in [0.25, 0.3) is 5.91 Å². The zero-order chi connectivity index (χ0) is 21.3. The second kappa shape index (κ2) is 7.92. The normalized spacial score (nSPS) is 10.9. The van der Waals surface area contributed by atoms with Gasteiger partial charge in [-0.25, -0.2) is 4.39 Å². The fourth-order valence-electron chi connectivity index (χ4n) is 3.12. The molecule has 0 radical (unpaired) electrons. The Morgan fingerprint density at radius 1 is 1.14 bits per heavy atom. The van der Waals surface area contributed by atoms with Gasteiger partial charge >= 0.3 is 5.97 Å². The first-order valence-corrected chi connectivity index (χ1v) is 8.88. The van der Waals surface area contributed by atoms with Crippen LogP contribution in [0.15, 0.2) is 36.4 Å². The van der Waals surface area contributed by atoms with E-state index in [1.807, 2.05) is 0 Å². The summed E-state index contributed by atoms with van der Waals surface area (Å²) in [6.45, 7) is 0.956. The molecule has 1 amide bonds. The van der Waals surface area contributed by atoms with Gasteiger partial charge in [-0.3, -0.25) is 19.0 Å². The largest absolute Gasteiger partial charge is 0.505 e. The van der Waals surface area contributed by atoms with E-state index in [0.29, 0.717) is 16.3 Å². The highest BCUT2D eigenvalue weighted by Gasteiger charge is 2.25. The van der Waals surface area contributed by atoms with Crippen molar-refractivity contribution in [1.82, 2.24) is 9.88 Å². The van der Waals surface area contributed by atoms with Gasteiger partial charge in [-0.2, -0.15) is 0 Å². The van der Waals surface area contributed by atoms with E-state index in [9.17, 15) is 23.9 Å². The molecule has 0 saturated carbocycles. The molecule has 0 fully saturated rings. The number of carbonyl (C=O) groups excluding carboxylic acids is 2. The van der Waals surface area contributed by atoms with Crippen molar-refractivity contribution in [3.8, 4) is 5.75 Å². The number of nitrogens with one attached hydrogen (secondary N) is 1. The fraction of sp³-hybridized carbons (Fsp3) is 0.150. The average molecular weight is 419 g/mol. The Morgan fingerprint density at radius 2 is 1.79 bits per heavy atom. The van der Waals surface area contributed by atoms with Gasteiger partial charge in [0, 0.05) is 21.7 Å². The van der Waals surface area contributed by atoms with Crippen molar-refractivity contribution in [3.63, 3.8) is 0 Å². The van der Waals surface area contributed by atoms with E-state index in [-0.39, 0.29) is 22.9 Å². The number of rotatable bonds is 5. The van der Waals surface area contributed by atoms with Crippen molar-refractivity contribution in [3.05, 3.63) is 64.1 Å². The van der Waals surface area contributed by atoms with Crippen molar-refractivity contribution in [2.24, 2.45) is 0 Å². The second-order valence-corrected chi connectivity index (χ2v) is 6.79. The molecule has 0 saturated heterocycles. The molecule has 3 rings (SSSR count). The third-order valence-electron chi connectivity index (χ3n) is 4.48. The lowest BCUT2D eigenvalue weighted by atomic mass is 10.1. The maximum atomic E-state index is 14.7. The Kier molecular flexibility index (Phi) is 5.56. The zero-order valence-corrected chi connectivity index (χ0v) is 16.0. The lowest BCUT2D eigenvalue weighted by Crippen LogP contribution is -2.30. The number of benzene rings is 2. The van der Waals surface area contributed by atoms with Crippen molar-refractivity contribution >= 4 is 40.3 Å². The highest BCUT2D eigenvalue weighted by atomic mass is 35.5. The van der Waals surface area contributed by atoms with Gasteiger partial charge in [0.2, 0.25) is 5.91 Å². The molecule has 0 aliphatic carbocycles. The molecule has 2 aromatic carbocycles. The predicted octanol–water partition coefficient (Wildman–Crippen LogP) is 2.88. The molecule has 9 heteroatoms. The number of amides is 1. The van der Waals surface area contributed by atoms with Gasteiger partial charge in [-0.15, -0.1) is 0 Å². The molecule has 0 atom stereocenters. The van der Waals surface area contributed by atoms with Crippen LogP contribution in [-0.4, -0.2) is 39.1 Å². The molecule has 0 unspecified atom stereocenters. The van der Waals surface area contributed by atoms with Crippen LogP contribution in [0.4, 0.5) is 4.39 Å². The smallest absolute Gasteiger partial charge is 0.322 e. The van der Waals surface area contributed by atoms with Gasteiger partial charge in [0.15, 0.2) is 11.6 Å². The van der Waals surface area contributed by atoms with Crippen LogP contribution in [0.1, 0.15) is 21.6 Å². The van der Waals surface area contributed by atoms with Gasteiger partial charge in [-0.1, -0.05) is 11.6 Å². The van der Waals surface area contributed by atoms with Crippen LogP contribution < -0.4 is 5.32 Å². The Morgan fingerprint density at radius 3 is 2.41 bits per heavy atom. The third kappa shape index (κ3) is 3.93. The lowest BCUT2D eigenvalue weighted by Gasteiger charge is -2.08. The highest BCUT2D eigenvalue weighted by Crippen LogP contribution is 2.33. The molecule has 0 bridgehead atoms. The molecule has 1 heterocycles. The molecule has 3 N–H and O–H groups in total. The van der Waals surface area contributed by atoms with Crippen molar-refractivity contribution < 1.29 is 29.0 Å². The minimum Gasteiger partial charge on any atom is -0.505 e. The van der Waals surface area contributed by atoms with Crippen molar-refractivity contribution in [1.29, 1.82) is 0 Å². The minimum absolute atomic E-state index is 0.0738. The maximum Gasteiger partial charge on any atom is 0.322 e. The first kappa shape index (κ1) is 20.3. The standard InChI is InChI=1S/C20H16ClFN2O5/c1-10-13(8-16(26)23-9-17(27)28)18-14(6-7-15(25)19(18)22)24(10)20(29)11-2-4-12(21)5-3-11/h2-7,25H,8-9H2,1H3,(H,23,26)(H,27,28). The second-order valence-electron chi connectivity index (χ2n) is 6.35. The van der Waals surface area contributed by atoms with Crippen molar-refractivity contribution in [2.45, 2.75) is 13.3 Å². The molecular formula is C20H16ClFN2O5. The molecule has 0 aliphatic rings. The van der Waals surface area contributed by atoms with Crippen LogP contribution >= 0.6 is 11.6 Å². The number of carbonyl (C=O) groups is 3. The number of hydrogen-bond donors (Lipinski definition) is 3. The van der Waals surface area contributed by atoms with E-state index in [1.165, 1.54) is 22.8 Å². The topological polar surface area (TPSA) is 109 Å². The van der Waals surface area contributed by atoms with Gasteiger partial charge < -0.3 is 15.5 Å². The summed E-state index contributed by atoms with van der Waals surface area (Å²) < 4.78 is 16.0. The summed E-state index contributed by atoms with van der Waals surface area (Å²) in [6, 6.07) is 8.63. The number of nitrogens with zero attached hydrogens (tertiary/aromatic N) is 1. The number of fused-ring (bicyclic) bond motifs is 1. The van der Waals surface area contributed by atoms with E-state index in [4.69, 9.17) is 16.7 Å². The minimum atomic E-state index is -1.22. The van der Waals surface area contributed by atoms with Crippen LogP contribution in [0.25, 0.3) is 10.9 Å². The van der Waals surface area contributed by atoms with Gasteiger partial charge in [-0.05, 0) is 48.9 Å². The molecule has 0 spiro atoms. The number of phenols is 1. The molecule has 150 valence electrons. The van der Waals surface area contributed by atoms with Gasteiger partial charge in [0.05, 0.1) is 11.9 Å². The van der Waals surface area contributed by atoms with E-state index >= 15 is 0 Å². The summed E-state index contributed by atoms with van der Waals surface area (Å²) in [6.07, 6.45) is -0.364. The summed E-state index contributed by atoms with van der Waals surface area (Å²) in [5.74, 6) is -3.93. The number of carboxylic acids is 1. The van der Waals surface area contributed by atoms with Crippen LogP contribution in [-0.2, 0) is 16.0 Å². The van der Waals surface area contributed by atoms with Crippen LogP contribution in [0.2, 0.25) is 5.02 Å². The lowest BCUT2D eigenvalue weighted by molar-refractivity contribution is -0.137. The van der Waals surface area contributed by atoms with Crippen LogP contribution in [0.3, 0.4) is 0 Å². The molecular weight excluding hydrogens is 403 g/mol. The summed E-state index contributed by atoms with van der Waals surface area (Å²) in [5, 5.41) is 21.0. The van der Waals surface area contributed by atoms with Gasteiger partial charge in [0.1, 0.15) is 6.54 Å². The number of halogens is 2. The average Bonchev–Trinajstić information content (AvgIpc) is 2.95. The summed E-state index contributed by atoms with van der Waals surface area (Å²) in [5.41, 5.74) is 0.956. The number of aromatic hydroxyl groups is 1. The maximum absolute atomic E-state index is 14.7. The quantitative estimate of drug-likeness (QED) is 0.590.